The summed E-state index contributed by atoms with van der Waals surface area (Å²) in [4.78, 5) is 13.1. The van der Waals surface area contributed by atoms with Crippen molar-refractivity contribution in [3.8, 4) is 0 Å². The molecule has 0 spiro atoms. The van der Waals surface area contributed by atoms with Gasteiger partial charge in [-0.05, 0) is 17.7 Å². The van der Waals surface area contributed by atoms with Gasteiger partial charge in [0.1, 0.15) is 6.54 Å². The number of hydrogen-bond acceptors (Lipinski definition) is 3. The second-order valence-corrected chi connectivity index (χ2v) is 4.74. The first-order valence-electron chi connectivity index (χ1n) is 6.79. The number of hydrogen-bond donors (Lipinski definition) is 1. The minimum absolute atomic E-state index is 0.0765. The first kappa shape index (κ1) is 15.1. The van der Waals surface area contributed by atoms with Crippen molar-refractivity contribution in [1.29, 1.82) is 0 Å². The molecule has 4 nitrogen and oxygen atoms in total. The van der Waals surface area contributed by atoms with Gasteiger partial charge in [0.05, 0.1) is 12.6 Å². The Kier molecular flexibility index (Phi) is 5.35. The summed E-state index contributed by atoms with van der Waals surface area (Å²) in [5, 5.41) is 9.23. The first-order valence-corrected chi connectivity index (χ1v) is 6.79. The third kappa shape index (κ3) is 4.07. The first-order chi connectivity index (χ1) is 10.2. The highest BCUT2D eigenvalue weighted by molar-refractivity contribution is 5.74. The molecule has 0 amide bonds. The Labute approximate surface area is 124 Å². The molecule has 0 saturated heterocycles. The van der Waals surface area contributed by atoms with E-state index < -0.39 is 5.97 Å². The fourth-order valence-corrected chi connectivity index (χ4v) is 2.35. The average Bonchev–Trinajstić information content (AvgIpc) is 2.52. The molecule has 0 aliphatic rings. The number of benzene rings is 2. The molecule has 1 unspecified atom stereocenters. The second kappa shape index (κ2) is 7.45. The zero-order valence-electron chi connectivity index (χ0n) is 12.0. The van der Waals surface area contributed by atoms with E-state index >= 15 is 0 Å². The maximum absolute atomic E-state index is 11.2. The van der Waals surface area contributed by atoms with Gasteiger partial charge in [-0.1, -0.05) is 48.5 Å². The Morgan fingerprint density at radius 3 is 2.19 bits per heavy atom. The Bertz CT molecular complexity index is 557. The van der Waals surface area contributed by atoms with Gasteiger partial charge in [0.15, 0.2) is 0 Å². The van der Waals surface area contributed by atoms with Crippen LogP contribution in [0.5, 0.6) is 0 Å². The molecule has 0 heterocycles. The van der Waals surface area contributed by atoms with Crippen molar-refractivity contribution in [2.75, 3.05) is 25.2 Å². The van der Waals surface area contributed by atoms with E-state index in [2.05, 4.69) is 0 Å². The highest BCUT2D eigenvalue weighted by Gasteiger charge is 2.22. The summed E-state index contributed by atoms with van der Waals surface area (Å²) < 4.78 is 5.31. The number of rotatable bonds is 7. The van der Waals surface area contributed by atoms with Gasteiger partial charge in [-0.2, -0.15) is 0 Å². The van der Waals surface area contributed by atoms with Crippen LogP contribution in [-0.4, -0.2) is 31.3 Å². The quantitative estimate of drug-likeness (QED) is 0.849. The van der Waals surface area contributed by atoms with E-state index in [0.29, 0.717) is 6.61 Å². The highest BCUT2D eigenvalue weighted by Crippen LogP contribution is 2.27. The van der Waals surface area contributed by atoms with E-state index in [9.17, 15) is 9.90 Å². The monoisotopic (exact) mass is 285 g/mol. The van der Waals surface area contributed by atoms with E-state index in [-0.39, 0.29) is 12.6 Å². The number of carboxylic acid groups (broad SMARTS) is 1. The van der Waals surface area contributed by atoms with Crippen LogP contribution >= 0.6 is 0 Å². The van der Waals surface area contributed by atoms with E-state index in [1.54, 1.807) is 7.11 Å². The molecule has 0 aliphatic carbocycles. The Balaban J connectivity index is 2.38. The maximum Gasteiger partial charge on any atom is 0.323 e. The zero-order valence-corrected chi connectivity index (χ0v) is 12.0. The molecular formula is C17H19NO3. The number of carbonyl (C=O) groups is 1. The summed E-state index contributed by atoms with van der Waals surface area (Å²) in [6.45, 7) is 0.346. The Morgan fingerprint density at radius 1 is 1.10 bits per heavy atom. The molecule has 4 heteroatoms. The van der Waals surface area contributed by atoms with Crippen LogP contribution in [0.1, 0.15) is 11.6 Å². The summed E-state index contributed by atoms with van der Waals surface area (Å²) in [6.07, 6.45) is 0. The maximum atomic E-state index is 11.2. The lowest BCUT2D eigenvalue weighted by molar-refractivity contribution is -0.135. The second-order valence-electron chi connectivity index (χ2n) is 4.74. The van der Waals surface area contributed by atoms with Crippen LogP contribution in [0.15, 0.2) is 60.7 Å². The standard InChI is InChI=1S/C17H19NO3/c1-21-13-16(14-8-4-2-5-9-14)18(12-17(19)20)15-10-6-3-7-11-15/h2-11,16H,12-13H2,1H3,(H,19,20). The smallest absolute Gasteiger partial charge is 0.323 e. The molecule has 1 atom stereocenters. The van der Waals surface area contributed by atoms with Gasteiger partial charge in [0.25, 0.3) is 0 Å². The minimum atomic E-state index is -0.865. The Hall–Kier alpha value is -2.33. The number of nitrogens with zero attached hydrogens (tertiary/aromatic N) is 1. The van der Waals surface area contributed by atoms with Gasteiger partial charge in [-0.15, -0.1) is 0 Å². The van der Waals surface area contributed by atoms with Crippen molar-refractivity contribution in [3.63, 3.8) is 0 Å². The lowest BCUT2D eigenvalue weighted by Crippen LogP contribution is -2.36. The molecule has 110 valence electrons. The predicted molar refractivity (Wildman–Crippen MR) is 82.5 cm³/mol. The molecule has 0 aromatic heterocycles. The van der Waals surface area contributed by atoms with Crippen LogP contribution in [0, 0.1) is 0 Å². The predicted octanol–water partition coefficient (Wildman–Crippen LogP) is 2.97. The fourth-order valence-electron chi connectivity index (χ4n) is 2.35. The van der Waals surface area contributed by atoms with Crippen LogP contribution in [0.2, 0.25) is 0 Å². The summed E-state index contributed by atoms with van der Waals surface area (Å²) in [5.41, 5.74) is 1.90. The van der Waals surface area contributed by atoms with Crippen LogP contribution in [0.3, 0.4) is 0 Å². The van der Waals surface area contributed by atoms with Crippen molar-refractivity contribution >= 4 is 11.7 Å². The van der Waals surface area contributed by atoms with E-state index in [4.69, 9.17) is 4.74 Å². The van der Waals surface area contributed by atoms with Crippen LogP contribution in [-0.2, 0) is 9.53 Å². The largest absolute Gasteiger partial charge is 0.480 e. The van der Waals surface area contributed by atoms with Crippen molar-refractivity contribution in [2.45, 2.75) is 6.04 Å². The molecule has 2 aromatic rings. The summed E-state index contributed by atoms with van der Waals surface area (Å²) in [7, 11) is 1.62. The van der Waals surface area contributed by atoms with Crippen molar-refractivity contribution < 1.29 is 14.6 Å². The topological polar surface area (TPSA) is 49.8 Å². The van der Waals surface area contributed by atoms with Crippen LogP contribution in [0.4, 0.5) is 5.69 Å². The van der Waals surface area contributed by atoms with Gasteiger partial charge in [0.2, 0.25) is 0 Å². The molecule has 2 aromatic carbocycles. The van der Waals surface area contributed by atoms with Gasteiger partial charge in [-0.25, -0.2) is 0 Å². The van der Waals surface area contributed by atoms with Crippen LogP contribution in [0.25, 0.3) is 0 Å². The molecule has 0 bridgehead atoms. The van der Waals surface area contributed by atoms with Gasteiger partial charge in [-0.3, -0.25) is 4.79 Å². The lowest BCUT2D eigenvalue weighted by atomic mass is 10.0. The highest BCUT2D eigenvalue weighted by atomic mass is 16.5. The lowest BCUT2D eigenvalue weighted by Gasteiger charge is -2.32. The van der Waals surface area contributed by atoms with Crippen molar-refractivity contribution in [1.82, 2.24) is 0 Å². The molecule has 0 aliphatic heterocycles. The molecule has 1 N–H and O–H groups in total. The van der Waals surface area contributed by atoms with Gasteiger partial charge >= 0.3 is 5.97 Å². The molecular weight excluding hydrogens is 266 g/mol. The van der Waals surface area contributed by atoms with E-state index in [1.807, 2.05) is 65.6 Å². The third-order valence-corrected chi connectivity index (χ3v) is 3.28. The molecule has 0 fully saturated rings. The number of para-hydroxylation sites is 1. The Morgan fingerprint density at radius 2 is 1.67 bits per heavy atom. The molecule has 21 heavy (non-hydrogen) atoms. The van der Waals surface area contributed by atoms with Crippen LogP contribution < -0.4 is 4.90 Å². The SMILES string of the molecule is COCC(c1ccccc1)N(CC(=O)O)c1ccccc1. The minimum Gasteiger partial charge on any atom is -0.480 e. The molecule has 0 radical (unpaired) electrons. The molecule has 2 rings (SSSR count). The number of ether oxygens (including phenoxy) is 1. The number of anilines is 1. The molecule has 0 saturated carbocycles. The number of aliphatic carboxylic acids is 1. The summed E-state index contributed by atoms with van der Waals surface area (Å²) >= 11 is 0. The average molecular weight is 285 g/mol. The zero-order chi connectivity index (χ0) is 15.1. The fraction of sp³-hybridized carbons (Fsp3) is 0.235. The number of methoxy groups -OCH3 is 1. The van der Waals surface area contributed by atoms with Gasteiger partial charge < -0.3 is 14.7 Å². The third-order valence-electron chi connectivity index (χ3n) is 3.28. The van der Waals surface area contributed by atoms with E-state index in [1.165, 1.54) is 0 Å². The normalized spacial score (nSPS) is 11.9. The van der Waals surface area contributed by atoms with E-state index in [0.717, 1.165) is 11.3 Å². The summed E-state index contributed by atoms with van der Waals surface area (Å²) in [5.74, 6) is -0.865. The summed E-state index contributed by atoms with van der Waals surface area (Å²) in [6, 6.07) is 19.2. The number of carboxylic acids is 1. The van der Waals surface area contributed by atoms with Gasteiger partial charge in [0, 0.05) is 12.8 Å². The van der Waals surface area contributed by atoms with Crippen molar-refractivity contribution in [3.05, 3.63) is 66.2 Å². The van der Waals surface area contributed by atoms with Crippen molar-refractivity contribution in [2.24, 2.45) is 0 Å².